The summed E-state index contributed by atoms with van der Waals surface area (Å²) in [6.07, 6.45) is 8.11. The van der Waals surface area contributed by atoms with Crippen molar-refractivity contribution in [3.63, 3.8) is 0 Å². The van der Waals surface area contributed by atoms with Gasteiger partial charge in [0.15, 0.2) is 0 Å². The molecule has 2 aromatic heterocycles. The van der Waals surface area contributed by atoms with Gasteiger partial charge in [-0.15, -0.1) is 0 Å². The molecule has 0 bridgehead atoms. The standard InChI is InChI=1S/C26H28F2N4O2/c1-15(2)25-30-13-16(14-31-25)26(33)32-24-18(20-12-17(27)8-9-21(20)28)10-11-29-23(24)19-6-4-5-7-22(19)34-3/h8-15,19,22H,4-7H2,1-3H3,(H,32,33). The van der Waals surface area contributed by atoms with E-state index in [-0.39, 0.29) is 29.1 Å². The van der Waals surface area contributed by atoms with Gasteiger partial charge in [-0.25, -0.2) is 18.7 Å². The van der Waals surface area contributed by atoms with E-state index in [0.29, 0.717) is 22.8 Å². The number of nitrogens with one attached hydrogen (secondary N) is 1. The number of ether oxygens (including phenoxy) is 1. The van der Waals surface area contributed by atoms with Crippen molar-refractivity contribution in [2.75, 3.05) is 12.4 Å². The Labute approximate surface area is 197 Å². The summed E-state index contributed by atoms with van der Waals surface area (Å²) in [7, 11) is 1.66. The molecule has 1 aromatic carbocycles. The quantitative estimate of drug-likeness (QED) is 0.492. The molecule has 2 unspecified atom stereocenters. The lowest BCUT2D eigenvalue weighted by atomic mass is 9.82. The fraction of sp³-hybridized carbons (Fsp3) is 0.385. The highest BCUT2D eigenvalue weighted by molar-refractivity contribution is 6.06. The van der Waals surface area contributed by atoms with Gasteiger partial charge >= 0.3 is 0 Å². The maximum absolute atomic E-state index is 14.8. The third-order valence-corrected chi connectivity index (χ3v) is 6.24. The molecule has 8 heteroatoms. The first-order chi connectivity index (χ1) is 16.4. The zero-order chi connectivity index (χ0) is 24.2. The van der Waals surface area contributed by atoms with Crippen molar-refractivity contribution in [2.24, 2.45) is 0 Å². The second-order valence-electron chi connectivity index (χ2n) is 8.85. The minimum absolute atomic E-state index is 0.0510. The van der Waals surface area contributed by atoms with Crippen LogP contribution in [-0.4, -0.2) is 34.1 Å². The number of pyridine rings is 1. The van der Waals surface area contributed by atoms with Crippen LogP contribution in [-0.2, 0) is 4.74 Å². The predicted molar refractivity (Wildman–Crippen MR) is 126 cm³/mol. The number of anilines is 1. The van der Waals surface area contributed by atoms with Crippen molar-refractivity contribution in [2.45, 2.75) is 57.5 Å². The zero-order valence-electron chi connectivity index (χ0n) is 19.5. The van der Waals surface area contributed by atoms with Crippen molar-refractivity contribution >= 4 is 11.6 Å². The molecule has 1 saturated carbocycles. The summed E-state index contributed by atoms with van der Waals surface area (Å²) in [6, 6.07) is 4.85. The largest absolute Gasteiger partial charge is 0.381 e. The van der Waals surface area contributed by atoms with Gasteiger partial charge in [-0.2, -0.15) is 0 Å². The highest BCUT2D eigenvalue weighted by Crippen LogP contribution is 2.41. The van der Waals surface area contributed by atoms with E-state index in [9.17, 15) is 13.6 Å². The van der Waals surface area contributed by atoms with Gasteiger partial charge in [0.05, 0.1) is 23.0 Å². The number of halogens is 2. The molecule has 1 N–H and O–H groups in total. The fourth-order valence-electron chi connectivity index (χ4n) is 4.45. The Bertz CT molecular complexity index is 1170. The predicted octanol–water partition coefficient (Wildman–Crippen LogP) is 5.87. The van der Waals surface area contributed by atoms with E-state index in [1.165, 1.54) is 12.4 Å². The van der Waals surface area contributed by atoms with Gasteiger partial charge in [-0.1, -0.05) is 26.7 Å². The van der Waals surface area contributed by atoms with Gasteiger partial charge < -0.3 is 10.1 Å². The molecule has 2 atom stereocenters. The van der Waals surface area contributed by atoms with Crippen LogP contribution in [0.25, 0.3) is 11.1 Å². The van der Waals surface area contributed by atoms with E-state index < -0.39 is 17.5 Å². The molecule has 2 heterocycles. The minimum atomic E-state index is -0.592. The lowest BCUT2D eigenvalue weighted by Crippen LogP contribution is -2.27. The Morgan fingerprint density at radius 3 is 2.50 bits per heavy atom. The molecule has 0 saturated heterocycles. The number of carbonyl (C=O) groups is 1. The van der Waals surface area contributed by atoms with Crippen molar-refractivity contribution in [1.82, 2.24) is 15.0 Å². The molecule has 3 aromatic rings. The fourth-order valence-corrected chi connectivity index (χ4v) is 4.45. The van der Waals surface area contributed by atoms with Gasteiger partial charge in [0.2, 0.25) is 0 Å². The smallest absolute Gasteiger partial charge is 0.258 e. The Kier molecular flexibility index (Phi) is 7.26. The van der Waals surface area contributed by atoms with Crippen LogP contribution in [0.1, 0.15) is 73.2 Å². The number of carbonyl (C=O) groups excluding carboxylic acids is 1. The minimum Gasteiger partial charge on any atom is -0.381 e. The van der Waals surface area contributed by atoms with Crippen LogP contribution in [0.5, 0.6) is 0 Å². The molecular formula is C26H28F2N4O2. The van der Waals surface area contributed by atoms with Crippen LogP contribution >= 0.6 is 0 Å². The van der Waals surface area contributed by atoms with E-state index in [0.717, 1.165) is 43.9 Å². The Balaban J connectivity index is 1.80. The summed E-state index contributed by atoms with van der Waals surface area (Å²) in [5.41, 5.74) is 1.61. The Morgan fingerprint density at radius 1 is 1.06 bits per heavy atom. The molecule has 0 spiro atoms. The van der Waals surface area contributed by atoms with Crippen LogP contribution in [0.2, 0.25) is 0 Å². The van der Waals surface area contributed by atoms with Crippen LogP contribution in [0.3, 0.4) is 0 Å². The highest BCUT2D eigenvalue weighted by atomic mass is 19.1. The summed E-state index contributed by atoms with van der Waals surface area (Å²) in [5, 5.41) is 2.91. The van der Waals surface area contributed by atoms with Crippen LogP contribution in [0, 0.1) is 11.6 Å². The summed E-state index contributed by atoms with van der Waals surface area (Å²) in [5.74, 6) is -0.950. The molecule has 178 valence electrons. The summed E-state index contributed by atoms with van der Waals surface area (Å²) >= 11 is 0. The molecule has 6 nitrogen and oxygen atoms in total. The lowest BCUT2D eigenvalue weighted by Gasteiger charge is -2.31. The summed E-state index contributed by atoms with van der Waals surface area (Å²) < 4.78 is 34.6. The van der Waals surface area contributed by atoms with E-state index >= 15 is 0 Å². The SMILES string of the molecule is COC1CCCCC1c1nccc(-c2cc(F)ccc2F)c1NC(=O)c1cnc(C(C)C)nc1. The zero-order valence-corrected chi connectivity index (χ0v) is 19.5. The highest BCUT2D eigenvalue weighted by Gasteiger charge is 2.31. The number of hydrogen-bond donors (Lipinski definition) is 1. The maximum atomic E-state index is 14.8. The number of aromatic nitrogens is 3. The molecule has 1 fully saturated rings. The monoisotopic (exact) mass is 466 g/mol. The third kappa shape index (κ3) is 4.97. The van der Waals surface area contributed by atoms with Gasteiger partial charge in [0.25, 0.3) is 5.91 Å². The van der Waals surface area contributed by atoms with E-state index in [4.69, 9.17) is 4.74 Å². The molecular weight excluding hydrogens is 438 g/mol. The average molecular weight is 467 g/mol. The molecule has 1 amide bonds. The molecule has 1 aliphatic rings. The second kappa shape index (κ2) is 10.3. The summed E-state index contributed by atoms with van der Waals surface area (Å²) in [6.45, 7) is 3.93. The van der Waals surface area contributed by atoms with Crippen molar-refractivity contribution in [3.8, 4) is 11.1 Å². The molecule has 4 rings (SSSR count). The number of hydrogen-bond acceptors (Lipinski definition) is 5. The van der Waals surface area contributed by atoms with Crippen molar-refractivity contribution < 1.29 is 18.3 Å². The third-order valence-electron chi connectivity index (χ3n) is 6.24. The van der Waals surface area contributed by atoms with E-state index in [1.807, 2.05) is 13.8 Å². The van der Waals surface area contributed by atoms with Gasteiger partial charge in [0, 0.05) is 48.7 Å². The second-order valence-corrected chi connectivity index (χ2v) is 8.85. The van der Waals surface area contributed by atoms with Crippen LogP contribution < -0.4 is 5.32 Å². The maximum Gasteiger partial charge on any atom is 0.258 e. The van der Waals surface area contributed by atoms with E-state index in [1.54, 1.807) is 19.4 Å². The number of amides is 1. The van der Waals surface area contributed by atoms with Crippen molar-refractivity contribution in [1.29, 1.82) is 0 Å². The number of rotatable bonds is 6. The number of benzene rings is 1. The van der Waals surface area contributed by atoms with Gasteiger partial charge in [0.1, 0.15) is 17.5 Å². The molecule has 34 heavy (non-hydrogen) atoms. The molecule has 0 aliphatic heterocycles. The Hall–Kier alpha value is -3.26. The van der Waals surface area contributed by atoms with Gasteiger partial charge in [-0.3, -0.25) is 9.78 Å². The normalized spacial score (nSPS) is 18.2. The van der Waals surface area contributed by atoms with Gasteiger partial charge in [-0.05, 0) is 37.1 Å². The first-order valence-electron chi connectivity index (χ1n) is 11.5. The molecule has 1 aliphatic carbocycles. The van der Waals surface area contributed by atoms with Crippen molar-refractivity contribution in [3.05, 3.63) is 71.6 Å². The van der Waals surface area contributed by atoms with Crippen LogP contribution in [0.15, 0.2) is 42.9 Å². The topological polar surface area (TPSA) is 77.0 Å². The van der Waals surface area contributed by atoms with E-state index in [2.05, 4.69) is 20.3 Å². The van der Waals surface area contributed by atoms with Crippen LogP contribution in [0.4, 0.5) is 14.5 Å². The Morgan fingerprint density at radius 2 is 1.79 bits per heavy atom. The average Bonchev–Trinajstić information content (AvgIpc) is 2.85. The molecule has 0 radical (unpaired) electrons. The lowest BCUT2D eigenvalue weighted by molar-refractivity contribution is 0.0513. The first-order valence-corrected chi connectivity index (χ1v) is 11.5. The first kappa shape index (κ1) is 23.9. The number of methoxy groups -OCH3 is 1. The summed E-state index contributed by atoms with van der Waals surface area (Å²) in [4.78, 5) is 26.3. The number of nitrogens with zero attached hydrogens (tertiary/aromatic N) is 3.